The smallest absolute Gasteiger partial charge is 0.106 e. The molecule has 0 radical (unpaired) electrons. The maximum atomic E-state index is 5.77. The lowest BCUT2D eigenvalue weighted by Gasteiger charge is -2.13. The van der Waals surface area contributed by atoms with Crippen molar-refractivity contribution in [3.05, 3.63) is 57.6 Å². The first-order chi connectivity index (χ1) is 8.97. The van der Waals surface area contributed by atoms with Gasteiger partial charge in [-0.15, -0.1) is 0 Å². The Morgan fingerprint density at radius 2 is 1.89 bits per heavy atom. The molecule has 2 nitrogen and oxygen atoms in total. The van der Waals surface area contributed by atoms with E-state index < -0.39 is 0 Å². The molecule has 0 aliphatic heterocycles. The molecule has 0 aromatic heterocycles. The lowest BCUT2D eigenvalue weighted by molar-refractivity contribution is 1.40. The van der Waals surface area contributed by atoms with Gasteiger partial charge in [0.05, 0.1) is 0 Å². The number of rotatable bonds is 3. The van der Waals surface area contributed by atoms with E-state index in [2.05, 4.69) is 34.2 Å². The van der Waals surface area contributed by atoms with Crippen molar-refractivity contribution in [3.63, 3.8) is 0 Å². The third kappa shape index (κ3) is 3.33. The average molecular weight is 335 g/mol. The maximum Gasteiger partial charge on any atom is 0.106 e. The van der Waals surface area contributed by atoms with E-state index in [1.54, 1.807) is 0 Å². The summed E-state index contributed by atoms with van der Waals surface area (Å²) in [7, 11) is 0. The van der Waals surface area contributed by atoms with Crippen molar-refractivity contribution >= 4 is 44.5 Å². The summed E-state index contributed by atoms with van der Waals surface area (Å²) in [6.07, 6.45) is 0. The minimum atomic E-state index is 0.400. The maximum absolute atomic E-state index is 5.77. The van der Waals surface area contributed by atoms with Crippen LogP contribution in [-0.2, 0) is 0 Å². The molecule has 0 bridgehead atoms. The van der Waals surface area contributed by atoms with Crippen LogP contribution >= 0.6 is 28.1 Å². The number of hydrogen-bond donors (Lipinski definition) is 2. The molecular formula is C15H15BrN2S. The van der Waals surface area contributed by atoms with E-state index in [0.29, 0.717) is 4.99 Å². The van der Waals surface area contributed by atoms with Gasteiger partial charge in [0, 0.05) is 21.4 Å². The molecule has 2 rings (SSSR count). The number of aryl methyl sites for hydroxylation is 2. The Bertz CT molecular complexity index is 638. The zero-order valence-corrected chi connectivity index (χ0v) is 13.2. The summed E-state index contributed by atoms with van der Waals surface area (Å²) in [6.45, 7) is 4.08. The molecule has 3 N–H and O–H groups in total. The van der Waals surface area contributed by atoms with Gasteiger partial charge in [0.15, 0.2) is 0 Å². The summed E-state index contributed by atoms with van der Waals surface area (Å²) >= 11 is 8.63. The SMILES string of the molecule is Cc1ccc(Nc2ccc(C)c(Br)c2)c(C(N)=S)c1. The fraction of sp³-hybridized carbons (Fsp3) is 0.133. The standard InChI is InChI=1S/C15H15BrN2S/c1-9-3-6-14(12(7-9)15(17)19)18-11-5-4-10(2)13(16)8-11/h3-8,18H,1-2H3,(H2,17,19). The Morgan fingerprint density at radius 1 is 1.16 bits per heavy atom. The third-order valence-corrected chi connectivity index (χ3v) is 3.97. The van der Waals surface area contributed by atoms with Crippen molar-refractivity contribution in [1.29, 1.82) is 0 Å². The van der Waals surface area contributed by atoms with Crippen LogP contribution in [0.4, 0.5) is 11.4 Å². The van der Waals surface area contributed by atoms with E-state index in [4.69, 9.17) is 18.0 Å². The van der Waals surface area contributed by atoms with E-state index in [0.717, 1.165) is 27.0 Å². The number of thiocarbonyl (C=S) groups is 1. The highest BCUT2D eigenvalue weighted by molar-refractivity contribution is 9.10. The van der Waals surface area contributed by atoms with Crippen molar-refractivity contribution in [1.82, 2.24) is 0 Å². The van der Waals surface area contributed by atoms with E-state index in [-0.39, 0.29) is 0 Å². The minimum absolute atomic E-state index is 0.400. The van der Waals surface area contributed by atoms with Crippen LogP contribution in [0.15, 0.2) is 40.9 Å². The molecule has 0 amide bonds. The second-order valence-electron chi connectivity index (χ2n) is 4.50. The molecular weight excluding hydrogens is 320 g/mol. The zero-order chi connectivity index (χ0) is 14.0. The zero-order valence-electron chi connectivity index (χ0n) is 10.8. The molecule has 0 aliphatic carbocycles. The van der Waals surface area contributed by atoms with Crippen LogP contribution in [0.3, 0.4) is 0 Å². The molecule has 2 aromatic carbocycles. The topological polar surface area (TPSA) is 38.0 Å². The predicted molar refractivity (Wildman–Crippen MR) is 89.2 cm³/mol. The van der Waals surface area contributed by atoms with Crippen LogP contribution in [0.2, 0.25) is 0 Å². The fourth-order valence-electron chi connectivity index (χ4n) is 1.80. The second-order valence-corrected chi connectivity index (χ2v) is 5.80. The van der Waals surface area contributed by atoms with E-state index in [9.17, 15) is 0 Å². The number of anilines is 2. The quantitative estimate of drug-likeness (QED) is 0.814. The summed E-state index contributed by atoms with van der Waals surface area (Å²) in [5, 5.41) is 3.35. The van der Waals surface area contributed by atoms with Gasteiger partial charge in [0.25, 0.3) is 0 Å². The number of hydrogen-bond acceptors (Lipinski definition) is 2. The molecule has 0 atom stereocenters. The van der Waals surface area contributed by atoms with E-state index in [1.165, 1.54) is 5.56 Å². The first-order valence-corrected chi connectivity index (χ1v) is 7.11. The predicted octanol–water partition coefficient (Wildman–Crippen LogP) is 4.44. The monoisotopic (exact) mass is 334 g/mol. The number of benzene rings is 2. The second kappa shape index (κ2) is 5.72. The van der Waals surface area contributed by atoms with Crippen LogP contribution in [-0.4, -0.2) is 4.99 Å². The lowest BCUT2D eigenvalue weighted by atomic mass is 10.1. The molecule has 0 aliphatic rings. The molecule has 4 heteroatoms. The average Bonchev–Trinajstić information content (AvgIpc) is 2.36. The van der Waals surface area contributed by atoms with Gasteiger partial charge in [-0.2, -0.15) is 0 Å². The molecule has 0 fully saturated rings. The van der Waals surface area contributed by atoms with Crippen LogP contribution in [0.1, 0.15) is 16.7 Å². The van der Waals surface area contributed by atoms with Crippen molar-refractivity contribution in [2.24, 2.45) is 5.73 Å². The number of halogens is 1. The highest BCUT2D eigenvalue weighted by Gasteiger charge is 2.06. The molecule has 19 heavy (non-hydrogen) atoms. The van der Waals surface area contributed by atoms with Crippen molar-refractivity contribution < 1.29 is 0 Å². The van der Waals surface area contributed by atoms with E-state index >= 15 is 0 Å². The van der Waals surface area contributed by atoms with Crippen molar-refractivity contribution in [3.8, 4) is 0 Å². The highest BCUT2D eigenvalue weighted by atomic mass is 79.9. The number of nitrogens with one attached hydrogen (secondary N) is 1. The Hall–Kier alpha value is -1.39. The van der Waals surface area contributed by atoms with Gasteiger partial charge >= 0.3 is 0 Å². The van der Waals surface area contributed by atoms with Gasteiger partial charge in [0.1, 0.15) is 4.99 Å². The Morgan fingerprint density at radius 3 is 2.53 bits per heavy atom. The van der Waals surface area contributed by atoms with Crippen molar-refractivity contribution in [2.75, 3.05) is 5.32 Å². The molecule has 0 spiro atoms. The summed E-state index contributed by atoms with van der Waals surface area (Å²) in [4.78, 5) is 0.400. The van der Waals surface area contributed by atoms with Crippen LogP contribution < -0.4 is 11.1 Å². The lowest BCUT2D eigenvalue weighted by Crippen LogP contribution is -2.12. The largest absolute Gasteiger partial charge is 0.389 e. The number of nitrogens with two attached hydrogens (primary N) is 1. The fourth-order valence-corrected chi connectivity index (χ4v) is 2.34. The van der Waals surface area contributed by atoms with Crippen LogP contribution in [0, 0.1) is 13.8 Å². The van der Waals surface area contributed by atoms with Crippen LogP contribution in [0.25, 0.3) is 0 Å². The first kappa shape index (κ1) is 14.0. The van der Waals surface area contributed by atoms with Gasteiger partial charge < -0.3 is 11.1 Å². The highest BCUT2D eigenvalue weighted by Crippen LogP contribution is 2.26. The van der Waals surface area contributed by atoms with Crippen LogP contribution in [0.5, 0.6) is 0 Å². The summed E-state index contributed by atoms with van der Waals surface area (Å²) in [5.74, 6) is 0. The van der Waals surface area contributed by atoms with Gasteiger partial charge in [-0.1, -0.05) is 45.8 Å². The Kier molecular flexibility index (Phi) is 4.22. The summed E-state index contributed by atoms with van der Waals surface area (Å²) in [5.41, 5.74) is 10.9. The van der Waals surface area contributed by atoms with Gasteiger partial charge in [-0.3, -0.25) is 0 Å². The van der Waals surface area contributed by atoms with Gasteiger partial charge in [-0.05, 0) is 43.7 Å². The van der Waals surface area contributed by atoms with Gasteiger partial charge in [-0.25, -0.2) is 0 Å². The Labute approximate surface area is 127 Å². The normalized spacial score (nSPS) is 10.3. The molecule has 2 aromatic rings. The van der Waals surface area contributed by atoms with E-state index in [1.807, 2.05) is 37.3 Å². The third-order valence-electron chi connectivity index (χ3n) is 2.89. The first-order valence-electron chi connectivity index (χ1n) is 5.91. The summed E-state index contributed by atoms with van der Waals surface area (Å²) < 4.78 is 1.07. The molecule has 0 heterocycles. The Balaban J connectivity index is 2.37. The molecule has 0 saturated heterocycles. The molecule has 0 unspecified atom stereocenters. The molecule has 98 valence electrons. The summed E-state index contributed by atoms with van der Waals surface area (Å²) in [6, 6.07) is 12.2. The molecule has 0 saturated carbocycles. The minimum Gasteiger partial charge on any atom is -0.389 e. The van der Waals surface area contributed by atoms with Gasteiger partial charge in [0.2, 0.25) is 0 Å². The van der Waals surface area contributed by atoms with Crippen molar-refractivity contribution in [2.45, 2.75) is 13.8 Å².